The third-order valence-electron chi connectivity index (χ3n) is 4.11. The number of hydrogen-bond donors (Lipinski definition) is 1. The molecule has 0 radical (unpaired) electrons. The second kappa shape index (κ2) is 12.7. The van der Waals surface area contributed by atoms with E-state index in [1.807, 2.05) is 0 Å². The van der Waals surface area contributed by atoms with Gasteiger partial charge in [-0.1, -0.05) is 84.0 Å². The van der Waals surface area contributed by atoms with E-state index in [0.717, 1.165) is 6.42 Å². The number of unbranched alkanes of at least 4 members (excludes halogenated alkanes) is 11. The van der Waals surface area contributed by atoms with Crippen LogP contribution in [0.1, 0.15) is 90.4 Å². The molecule has 1 aliphatic rings. The largest absolute Gasteiger partial charge is 0.637 e. The Balaban J connectivity index is 1.70. The molecule has 0 saturated carbocycles. The minimum atomic E-state index is -0.975. The maximum atomic E-state index is 9.05. The fourth-order valence-corrected chi connectivity index (χ4v) is 2.80. The zero-order chi connectivity index (χ0) is 14.5. The van der Waals surface area contributed by atoms with E-state index in [9.17, 15) is 0 Å². The first-order valence-electron chi connectivity index (χ1n) is 8.78. The minimum Gasteiger partial charge on any atom is -0.402 e. The Morgan fingerprint density at radius 1 is 0.850 bits per heavy atom. The molecule has 20 heavy (non-hydrogen) atoms. The van der Waals surface area contributed by atoms with Crippen LogP contribution >= 0.6 is 0 Å². The summed E-state index contributed by atoms with van der Waals surface area (Å²) in [6.07, 6.45) is 17.6. The molecule has 4 heteroatoms. The molecule has 1 fully saturated rings. The zero-order valence-corrected chi connectivity index (χ0v) is 13.3. The standard InChI is InChI=1S/C16H33BO3/c1-2-3-4-5-6-7-8-9-10-11-12-13-14-16-15-19-17(18)20-16/h16,18H,2-15H2,1H3. The monoisotopic (exact) mass is 284 g/mol. The normalized spacial score (nSPS) is 18.9. The van der Waals surface area contributed by atoms with Gasteiger partial charge in [0.15, 0.2) is 0 Å². The maximum absolute atomic E-state index is 9.05. The van der Waals surface area contributed by atoms with E-state index >= 15 is 0 Å². The molecule has 1 N–H and O–H groups in total. The van der Waals surface area contributed by atoms with Crippen LogP contribution in [-0.4, -0.2) is 25.1 Å². The van der Waals surface area contributed by atoms with E-state index in [1.165, 1.54) is 77.0 Å². The van der Waals surface area contributed by atoms with Crippen LogP contribution in [-0.2, 0) is 9.31 Å². The van der Waals surface area contributed by atoms with Crippen molar-refractivity contribution in [3.05, 3.63) is 0 Å². The second-order valence-corrected chi connectivity index (χ2v) is 6.08. The Hall–Kier alpha value is -0.0551. The molecule has 1 heterocycles. The van der Waals surface area contributed by atoms with Crippen LogP contribution in [0.3, 0.4) is 0 Å². The Kier molecular flexibility index (Phi) is 11.4. The van der Waals surface area contributed by atoms with Crippen molar-refractivity contribution in [2.75, 3.05) is 6.61 Å². The molecule has 0 bridgehead atoms. The first kappa shape index (κ1) is 18.0. The number of rotatable bonds is 13. The van der Waals surface area contributed by atoms with Gasteiger partial charge >= 0.3 is 7.32 Å². The van der Waals surface area contributed by atoms with E-state index in [-0.39, 0.29) is 6.10 Å². The van der Waals surface area contributed by atoms with Crippen molar-refractivity contribution in [3.8, 4) is 0 Å². The summed E-state index contributed by atoms with van der Waals surface area (Å²) in [5.41, 5.74) is 0. The molecule has 0 aromatic rings. The first-order valence-corrected chi connectivity index (χ1v) is 8.78. The van der Waals surface area contributed by atoms with Crippen molar-refractivity contribution < 1.29 is 14.3 Å². The van der Waals surface area contributed by atoms with E-state index in [2.05, 4.69) is 6.92 Å². The van der Waals surface area contributed by atoms with Crippen molar-refractivity contribution in [3.63, 3.8) is 0 Å². The molecule has 1 aliphatic heterocycles. The Labute approximate surface area is 125 Å². The number of hydrogen-bond acceptors (Lipinski definition) is 3. The molecule has 1 atom stereocenters. The van der Waals surface area contributed by atoms with Crippen LogP contribution in [0, 0.1) is 0 Å². The fourth-order valence-electron chi connectivity index (χ4n) is 2.80. The van der Waals surface area contributed by atoms with Crippen molar-refractivity contribution in [2.24, 2.45) is 0 Å². The highest BCUT2D eigenvalue weighted by molar-refractivity contribution is 6.35. The van der Waals surface area contributed by atoms with Gasteiger partial charge in [-0.05, 0) is 6.42 Å². The average Bonchev–Trinajstić information content (AvgIpc) is 2.86. The average molecular weight is 284 g/mol. The summed E-state index contributed by atoms with van der Waals surface area (Å²) < 4.78 is 10.2. The highest BCUT2D eigenvalue weighted by Crippen LogP contribution is 2.16. The van der Waals surface area contributed by atoms with Crippen LogP contribution in [0.15, 0.2) is 0 Å². The summed E-state index contributed by atoms with van der Waals surface area (Å²) in [6, 6.07) is 0. The SMILES string of the molecule is CCCCCCCCCCCCCCC1COB(O)O1. The minimum absolute atomic E-state index is 0.119. The maximum Gasteiger partial charge on any atom is 0.637 e. The Bertz CT molecular complexity index is 214. The second-order valence-electron chi connectivity index (χ2n) is 6.08. The summed E-state index contributed by atoms with van der Waals surface area (Å²) in [5.74, 6) is 0. The van der Waals surface area contributed by atoms with Gasteiger partial charge in [0.1, 0.15) is 0 Å². The summed E-state index contributed by atoms with van der Waals surface area (Å²) in [6.45, 7) is 2.83. The van der Waals surface area contributed by atoms with Gasteiger partial charge in [0.05, 0.1) is 12.7 Å². The van der Waals surface area contributed by atoms with E-state index in [4.69, 9.17) is 14.3 Å². The lowest BCUT2D eigenvalue weighted by Gasteiger charge is -2.07. The third-order valence-corrected chi connectivity index (χ3v) is 4.11. The lowest BCUT2D eigenvalue weighted by molar-refractivity contribution is 0.196. The third kappa shape index (κ3) is 9.79. The van der Waals surface area contributed by atoms with Gasteiger partial charge in [-0.2, -0.15) is 0 Å². The molecule has 1 unspecified atom stereocenters. The molecule has 0 amide bonds. The van der Waals surface area contributed by atoms with Gasteiger partial charge in [0.2, 0.25) is 0 Å². The predicted molar refractivity (Wildman–Crippen MR) is 84.5 cm³/mol. The van der Waals surface area contributed by atoms with Crippen molar-refractivity contribution in [1.82, 2.24) is 0 Å². The van der Waals surface area contributed by atoms with Crippen LogP contribution in [0.4, 0.5) is 0 Å². The zero-order valence-electron chi connectivity index (χ0n) is 13.3. The van der Waals surface area contributed by atoms with Crippen molar-refractivity contribution in [1.29, 1.82) is 0 Å². The molecule has 0 aromatic heterocycles. The molecule has 0 aliphatic carbocycles. The molecule has 0 spiro atoms. The summed E-state index contributed by atoms with van der Waals surface area (Å²) in [7, 11) is -0.975. The van der Waals surface area contributed by atoms with Gasteiger partial charge < -0.3 is 14.3 Å². The smallest absolute Gasteiger partial charge is 0.402 e. The highest BCUT2D eigenvalue weighted by Gasteiger charge is 2.29. The van der Waals surface area contributed by atoms with Crippen LogP contribution in [0.25, 0.3) is 0 Å². The molecule has 118 valence electrons. The topological polar surface area (TPSA) is 38.7 Å². The lowest BCUT2D eigenvalue weighted by Crippen LogP contribution is -2.15. The summed E-state index contributed by atoms with van der Waals surface area (Å²) >= 11 is 0. The molecule has 3 nitrogen and oxygen atoms in total. The quantitative estimate of drug-likeness (QED) is 0.400. The van der Waals surface area contributed by atoms with Crippen molar-refractivity contribution >= 4 is 7.32 Å². The fraction of sp³-hybridized carbons (Fsp3) is 1.00. The Morgan fingerprint density at radius 2 is 1.35 bits per heavy atom. The van der Waals surface area contributed by atoms with Gasteiger partial charge in [0.25, 0.3) is 0 Å². The van der Waals surface area contributed by atoms with Gasteiger partial charge in [-0.3, -0.25) is 0 Å². The van der Waals surface area contributed by atoms with E-state index in [1.54, 1.807) is 0 Å². The molecular formula is C16H33BO3. The molecular weight excluding hydrogens is 251 g/mol. The van der Waals surface area contributed by atoms with Gasteiger partial charge in [-0.25, -0.2) is 0 Å². The lowest BCUT2D eigenvalue weighted by atomic mass is 10.0. The van der Waals surface area contributed by atoms with Crippen molar-refractivity contribution in [2.45, 2.75) is 96.5 Å². The van der Waals surface area contributed by atoms with E-state index in [0.29, 0.717) is 6.61 Å². The molecule has 0 aromatic carbocycles. The highest BCUT2D eigenvalue weighted by atomic mass is 16.7. The molecule has 1 saturated heterocycles. The van der Waals surface area contributed by atoms with Gasteiger partial charge in [-0.15, -0.1) is 0 Å². The molecule has 1 rings (SSSR count). The van der Waals surface area contributed by atoms with Crippen LogP contribution in [0.2, 0.25) is 0 Å². The predicted octanol–water partition coefficient (Wildman–Crippen LogP) is 4.47. The van der Waals surface area contributed by atoms with Crippen LogP contribution in [0.5, 0.6) is 0 Å². The van der Waals surface area contributed by atoms with E-state index < -0.39 is 7.32 Å². The Morgan fingerprint density at radius 3 is 1.80 bits per heavy atom. The first-order chi connectivity index (χ1) is 9.83. The van der Waals surface area contributed by atoms with Gasteiger partial charge in [0, 0.05) is 0 Å². The van der Waals surface area contributed by atoms with Crippen LogP contribution < -0.4 is 0 Å². The summed E-state index contributed by atoms with van der Waals surface area (Å²) in [4.78, 5) is 0. The summed E-state index contributed by atoms with van der Waals surface area (Å²) in [5, 5.41) is 9.05.